The standard InChI is InChI=1S/C16H17ClN2O2/c1-21-16-14(8-4-10-18-16)15(20)19-13-7-2-5-12(11-13)6-3-9-17/h2,4-5,7-8,10-11H,3,6,9H2,1H3,(H,19,20). The first-order valence-corrected chi connectivity index (χ1v) is 7.23. The molecule has 2 aromatic rings. The Morgan fingerprint density at radius 2 is 2.19 bits per heavy atom. The summed E-state index contributed by atoms with van der Waals surface area (Å²) in [6.07, 6.45) is 3.39. The van der Waals surface area contributed by atoms with Gasteiger partial charge in [-0.05, 0) is 42.7 Å². The Hall–Kier alpha value is -2.07. The van der Waals surface area contributed by atoms with E-state index < -0.39 is 0 Å². The lowest BCUT2D eigenvalue weighted by molar-refractivity contribution is 0.102. The highest BCUT2D eigenvalue weighted by molar-refractivity contribution is 6.17. The van der Waals surface area contributed by atoms with Crippen LogP contribution in [0.2, 0.25) is 0 Å². The van der Waals surface area contributed by atoms with Crippen molar-refractivity contribution in [2.45, 2.75) is 12.8 Å². The summed E-state index contributed by atoms with van der Waals surface area (Å²) in [5.74, 6) is 0.700. The molecule has 110 valence electrons. The van der Waals surface area contributed by atoms with Crippen molar-refractivity contribution in [3.05, 3.63) is 53.7 Å². The first kappa shape index (κ1) is 15.3. The van der Waals surface area contributed by atoms with Gasteiger partial charge in [0.05, 0.1) is 7.11 Å². The summed E-state index contributed by atoms with van der Waals surface area (Å²) in [4.78, 5) is 16.3. The number of nitrogens with zero attached hydrogens (tertiary/aromatic N) is 1. The summed E-state index contributed by atoms with van der Waals surface area (Å²) in [6, 6.07) is 11.1. The number of alkyl halides is 1. The van der Waals surface area contributed by atoms with E-state index in [1.165, 1.54) is 7.11 Å². The SMILES string of the molecule is COc1ncccc1C(=O)Nc1cccc(CCCCl)c1. The van der Waals surface area contributed by atoms with E-state index in [9.17, 15) is 4.79 Å². The zero-order valence-corrected chi connectivity index (χ0v) is 12.6. The molecule has 1 heterocycles. The van der Waals surface area contributed by atoms with Crippen LogP contribution in [0, 0.1) is 0 Å². The fraction of sp³-hybridized carbons (Fsp3) is 0.250. The zero-order valence-electron chi connectivity index (χ0n) is 11.8. The molecule has 0 radical (unpaired) electrons. The summed E-state index contributed by atoms with van der Waals surface area (Å²) in [5.41, 5.74) is 2.30. The van der Waals surface area contributed by atoms with Crippen LogP contribution in [0.25, 0.3) is 0 Å². The van der Waals surface area contributed by atoms with Gasteiger partial charge in [-0.2, -0.15) is 0 Å². The summed E-state index contributed by atoms with van der Waals surface area (Å²) in [7, 11) is 1.49. The number of ether oxygens (including phenoxy) is 1. The van der Waals surface area contributed by atoms with Gasteiger partial charge in [-0.15, -0.1) is 11.6 Å². The van der Waals surface area contributed by atoms with E-state index in [1.807, 2.05) is 24.3 Å². The van der Waals surface area contributed by atoms with Crippen molar-refractivity contribution in [3.63, 3.8) is 0 Å². The monoisotopic (exact) mass is 304 g/mol. The fourth-order valence-electron chi connectivity index (χ4n) is 2.00. The first-order valence-electron chi connectivity index (χ1n) is 6.70. The minimum atomic E-state index is -0.241. The molecular formula is C16H17ClN2O2. The van der Waals surface area contributed by atoms with Gasteiger partial charge >= 0.3 is 0 Å². The predicted octanol–water partition coefficient (Wildman–Crippen LogP) is 3.51. The first-order chi connectivity index (χ1) is 10.2. The van der Waals surface area contributed by atoms with Gasteiger partial charge < -0.3 is 10.1 Å². The number of rotatable bonds is 6. The van der Waals surface area contributed by atoms with Crippen LogP contribution in [-0.2, 0) is 6.42 Å². The Morgan fingerprint density at radius 3 is 2.95 bits per heavy atom. The van der Waals surface area contributed by atoms with Crippen LogP contribution in [-0.4, -0.2) is 23.9 Å². The van der Waals surface area contributed by atoms with Crippen molar-refractivity contribution in [1.29, 1.82) is 0 Å². The highest BCUT2D eigenvalue weighted by Crippen LogP contribution is 2.17. The van der Waals surface area contributed by atoms with Crippen molar-refractivity contribution in [1.82, 2.24) is 4.98 Å². The van der Waals surface area contributed by atoms with Crippen LogP contribution in [0.5, 0.6) is 5.88 Å². The topological polar surface area (TPSA) is 51.2 Å². The number of aromatic nitrogens is 1. The van der Waals surface area contributed by atoms with Gasteiger partial charge in [0.2, 0.25) is 5.88 Å². The average molecular weight is 305 g/mol. The summed E-state index contributed by atoms with van der Waals surface area (Å²) < 4.78 is 5.09. The molecule has 0 fully saturated rings. The molecule has 0 saturated carbocycles. The van der Waals surface area contributed by atoms with Gasteiger partial charge in [0.1, 0.15) is 5.56 Å². The maximum atomic E-state index is 12.3. The van der Waals surface area contributed by atoms with Gasteiger partial charge in [0, 0.05) is 17.8 Å². The highest BCUT2D eigenvalue weighted by atomic mass is 35.5. The Morgan fingerprint density at radius 1 is 1.33 bits per heavy atom. The van der Waals surface area contributed by atoms with Crippen LogP contribution >= 0.6 is 11.6 Å². The average Bonchev–Trinajstić information content (AvgIpc) is 2.53. The van der Waals surface area contributed by atoms with Crippen molar-refractivity contribution in [2.75, 3.05) is 18.3 Å². The lowest BCUT2D eigenvalue weighted by atomic mass is 10.1. The molecule has 1 amide bonds. The van der Waals surface area contributed by atoms with Crippen LogP contribution < -0.4 is 10.1 Å². The largest absolute Gasteiger partial charge is 0.480 e. The molecule has 0 atom stereocenters. The van der Waals surface area contributed by atoms with E-state index >= 15 is 0 Å². The normalized spacial score (nSPS) is 10.2. The van der Waals surface area contributed by atoms with Gasteiger partial charge in [-0.25, -0.2) is 4.98 Å². The molecular weight excluding hydrogens is 288 g/mol. The number of benzene rings is 1. The molecule has 0 bridgehead atoms. The van der Waals surface area contributed by atoms with Gasteiger partial charge in [0.25, 0.3) is 5.91 Å². The maximum absolute atomic E-state index is 12.3. The Bertz CT molecular complexity index is 617. The molecule has 0 aliphatic rings. The molecule has 21 heavy (non-hydrogen) atoms. The molecule has 0 spiro atoms. The van der Waals surface area contributed by atoms with Crippen molar-refractivity contribution < 1.29 is 9.53 Å². The predicted molar refractivity (Wildman–Crippen MR) is 84.2 cm³/mol. The third-order valence-corrected chi connectivity index (χ3v) is 3.26. The minimum Gasteiger partial charge on any atom is -0.480 e. The summed E-state index contributed by atoms with van der Waals surface area (Å²) in [6.45, 7) is 0. The number of amides is 1. The van der Waals surface area contributed by atoms with Crippen LogP contribution in [0.3, 0.4) is 0 Å². The molecule has 5 heteroatoms. The summed E-state index contributed by atoms with van der Waals surface area (Å²) in [5, 5.41) is 2.86. The fourth-order valence-corrected chi connectivity index (χ4v) is 2.13. The second-order valence-corrected chi connectivity index (χ2v) is 4.89. The van der Waals surface area contributed by atoms with E-state index in [4.69, 9.17) is 16.3 Å². The van der Waals surface area contributed by atoms with E-state index in [0.717, 1.165) is 24.1 Å². The minimum absolute atomic E-state index is 0.241. The quantitative estimate of drug-likeness (QED) is 0.831. The third kappa shape index (κ3) is 4.20. The molecule has 1 N–H and O–H groups in total. The van der Waals surface area contributed by atoms with Crippen LogP contribution in [0.1, 0.15) is 22.3 Å². The van der Waals surface area contributed by atoms with Crippen LogP contribution in [0.4, 0.5) is 5.69 Å². The van der Waals surface area contributed by atoms with E-state index in [-0.39, 0.29) is 5.91 Å². The molecule has 1 aromatic heterocycles. The molecule has 0 aliphatic heterocycles. The Kier molecular flexibility index (Phi) is 5.58. The zero-order chi connectivity index (χ0) is 15.1. The van der Waals surface area contributed by atoms with Crippen molar-refractivity contribution >= 4 is 23.2 Å². The Labute approximate surface area is 129 Å². The number of hydrogen-bond acceptors (Lipinski definition) is 3. The number of halogens is 1. The number of nitrogens with one attached hydrogen (secondary N) is 1. The maximum Gasteiger partial charge on any atom is 0.261 e. The van der Waals surface area contributed by atoms with Gasteiger partial charge in [-0.3, -0.25) is 4.79 Å². The molecule has 4 nitrogen and oxygen atoms in total. The molecule has 1 aromatic carbocycles. The lowest BCUT2D eigenvalue weighted by Gasteiger charge is -2.09. The smallest absolute Gasteiger partial charge is 0.261 e. The van der Waals surface area contributed by atoms with Gasteiger partial charge in [-0.1, -0.05) is 12.1 Å². The number of aryl methyl sites for hydroxylation is 1. The number of anilines is 1. The number of methoxy groups -OCH3 is 1. The number of carbonyl (C=O) groups is 1. The third-order valence-electron chi connectivity index (χ3n) is 2.99. The van der Waals surface area contributed by atoms with Crippen LogP contribution in [0.15, 0.2) is 42.6 Å². The number of pyridine rings is 1. The second-order valence-electron chi connectivity index (χ2n) is 4.51. The summed E-state index contributed by atoms with van der Waals surface area (Å²) >= 11 is 5.70. The number of carbonyl (C=O) groups excluding carboxylic acids is 1. The molecule has 0 saturated heterocycles. The second kappa shape index (κ2) is 7.64. The molecule has 2 rings (SSSR count). The number of hydrogen-bond donors (Lipinski definition) is 1. The lowest BCUT2D eigenvalue weighted by Crippen LogP contribution is -2.13. The van der Waals surface area contributed by atoms with Crippen molar-refractivity contribution in [2.24, 2.45) is 0 Å². The van der Waals surface area contributed by atoms with E-state index in [1.54, 1.807) is 18.3 Å². The van der Waals surface area contributed by atoms with E-state index in [0.29, 0.717) is 17.3 Å². The Balaban J connectivity index is 2.12. The van der Waals surface area contributed by atoms with E-state index in [2.05, 4.69) is 10.3 Å². The molecule has 0 unspecified atom stereocenters. The highest BCUT2D eigenvalue weighted by Gasteiger charge is 2.12. The van der Waals surface area contributed by atoms with Crippen molar-refractivity contribution in [3.8, 4) is 5.88 Å². The molecule has 0 aliphatic carbocycles. The van der Waals surface area contributed by atoms with Gasteiger partial charge in [0.15, 0.2) is 0 Å².